The highest BCUT2D eigenvalue weighted by atomic mass is 35.5. The van der Waals surface area contributed by atoms with Crippen molar-refractivity contribution in [1.82, 2.24) is 5.32 Å². The van der Waals surface area contributed by atoms with Gasteiger partial charge in [-0.05, 0) is 19.9 Å². The second kappa shape index (κ2) is 8.15. The average molecular weight is 362 g/mol. The fourth-order valence-electron chi connectivity index (χ4n) is 1.22. The van der Waals surface area contributed by atoms with Gasteiger partial charge in [0.2, 0.25) is 0 Å². The van der Waals surface area contributed by atoms with Crippen LogP contribution in [0, 0.1) is 0 Å². The zero-order chi connectivity index (χ0) is 14.6. The maximum atomic E-state index is 11.7. The monoisotopic (exact) mass is 360 g/mol. The van der Waals surface area contributed by atoms with E-state index >= 15 is 0 Å². The molecule has 114 valence electrons. The predicted molar refractivity (Wildman–Crippen MR) is 85.5 cm³/mol. The number of carbonyl (C=O) groups is 1. The second-order valence-corrected chi connectivity index (χ2v) is 5.84. The van der Waals surface area contributed by atoms with Crippen LogP contribution in [0.2, 0.25) is 15.1 Å². The highest BCUT2D eigenvalue weighted by Crippen LogP contribution is 2.33. The summed E-state index contributed by atoms with van der Waals surface area (Å²) in [5.74, 6) is 0.00867. The number of ether oxygens (including phenoxy) is 1. The number of hydrogen-bond acceptors (Lipinski definition) is 3. The summed E-state index contributed by atoms with van der Waals surface area (Å²) < 4.78 is 5.30. The van der Waals surface area contributed by atoms with Gasteiger partial charge in [-0.2, -0.15) is 0 Å². The lowest BCUT2D eigenvalue weighted by Crippen LogP contribution is -2.50. The molecule has 3 N–H and O–H groups in total. The van der Waals surface area contributed by atoms with Crippen molar-refractivity contribution < 1.29 is 9.53 Å². The van der Waals surface area contributed by atoms with Crippen molar-refractivity contribution in [2.24, 2.45) is 5.73 Å². The Hall–Kier alpha value is -0.390. The quantitative estimate of drug-likeness (QED) is 0.791. The summed E-state index contributed by atoms with van der Waals surface area (Å²) >= 11 is 17.6. The van der Waals surface area contributed by atoms with Crippen LogP contribution >= 0.6 is 47.2 Å². The lowest BCUT2D eigenvalue weighted by molar-refractivity contribution is -0.124. The molecule has 0 aliphatic heterocycles. The van der Waals surface area contributed by atoms with Crippen molar-refractivity contribution in [2.75, 3.05) is 13.2 Å². The fourth-order valence-corrected chi connectivity index (χ4v) is 1.81. The molecule has 1 aromatic carbocycles. The van der Waals surface area contributed by atoms with Crippen LogP contribution in [0.3, 0.4) is 0 Å². The van der Waals surface area contributed by atoms with Gasteiger partial charge >= 0.3 is 0 Å². The van der Waals surface area contributed by atoms with E-state index in [1.165, 1.54) is 12.1 Å². The van der Waals surface area contributed by atoms with Crippen molar-refractivity contribution in [3.63, 3.8) is 0 Å². The molecule has 0 fully saturated rings. The molecule has 0 bridgehead atoms. The molecule has 0 saturated heterocycles. The van der Waals surface area contributed by atoms with E-state index in [1.807, 2.05) is 13.8 Å². The van der Waals surface area contributed by atoms with Crippen molar-refractivity contribution in [3.05, 3.63) is 27.2 Å². The molecule has 8 heteroatoms. The van der Waals surface area contributed by atoms with E-state index in [0.29, 0.717) is 27.4 Å². The van der Waals surface area contributed by atoms with E-state index in [1.54, 1.807) is 0 Å². The van der Waals surface area contributed by atoms with Gasteiger partial charge in [-0.1, -0.05) is 34.8 Å². The van der Waals surface area contributed by atoms with Crippen LogP contribution in [0.25, 0.3) is 0 Å². The summed E-state index contributed by atoms with van der Waals surface area (Å²) in [5, 5.41) is 3.66. The largest absolute Gasteiger partial charge is 0.482 e. The molecule has 0 aliphatic rings. The summed E-state index contributed by atoms with van der Waals surface area (Å²) in [6.45, 7) is 3.78. The molecule has 0 unspecified atom stereocenters. The SMILES string of the molecule is CC(C)(CN)NC(=O)COc1cc(Cl)c(Cl)cc1Cl.Cl. The van der Waals surface area contributed by atoms with Gasteiger partial charge in [-0.3, -0.25) is 4.79 Å². The van der Waals surface area contributed by atoms with E-state index in [9.17, 15) is 4.79 Å². The topological polar surface area (TPSA) is 64.3 Å². The first-order valence-corrected chi connectivity index (χ1v) is 6.67. The van der Waals surface area contributed by atoms with Crippen LogP contribution < -0.4 is 15.8 Å². The number of hydrogen-bond donors (Lipinski definition) is 2. The van der Waals surface area contributed by atoms with Crippen LogP contribution in [0.1, 0.15) is 13.8 Å². The maximum Gasteiger partial charge on any atom is 0.258 e. The van der Waals surface area contributed by atoms with E-state index in [4.69, 9.17) is 45.3 Å². The third-order valence-electron chi connectivity index (χ3n) is 2.32. The number of halogens is 4. The van der Waals surface area contributed by atoms with Crippen molar-refractivity contribution in [2.45, 2.75) is 19.4 Å². The Morgan fingerprint density at radius 2 is 1.80 bits per heavy atom. The molecule has 20 heavy (non-hydrogen) atoms. The molecule has 0 aromatic heterocycles. The van der Waals surface area contributed by atoms with Crippen LogP contribution in [-0.4, -0.2) is 24.6 Å². The van der Waals surface area contributed by atoms with Crippen molar-refractivity contribution >= 4 is 53.1 Å². The number of nitrogens with one attached hydrogen (secondary N) is 1. The van der Waals surface area contributed by atoms with E-state index < -0.39 is 5.54 Å². The predicted octanol–water partition coefficient (Wildman–Crippen LogP) is 3.30. The summed E-state index contributed by atoms with van der Waals surface area (Å²) in [6.07, 6.45) is 0. The molecule has 0 heterocycles. The third kappa shape index (κ3) is 5.94. The summed E-state index contributed by atoms with van der Waals surface area (Å²) in [5.41, 5.74) is 5.03. The lowest BCUT2D eigenvalue weighted by atomic mass is 10.1. The van der Waals surface area contributed by atoms with Crippen LogP contribution in [0.15, 0.2) is 12.1 Å². The fraction of sp³-hybridized carbons (Fsp3) is 0.417. The highest BCUT2D eigenvalue weighted by Gasteiger charge is 2.18. The standard InChI is InChI=1S/C12H15Cl3N2O2.ClH/c1-12(2,6-16)17-11(18)5-19-10-4-8(14)7(13)3-9(10)15;/h3-4H,5-6,16H2,1-2H3,(H,17,18);1H. The molecule has 0 saturated carbocycles. The van der Waals surface area contributed by atoms with Gasteiger partial charge in [-0.15, -0.1) is 12.4 Å². The Labute approximate surface area is 139 Å². The molecule has 0 aliphatic carbocycles. The Balaban J connectivity index is 0.00000361. The Kier molecular flexibility index (Phi) is 7.99. The minimum absolute atomic E-state index is 0. The first-order valence-electron chi connectivity index (χ1n) is 5.53. The number of nitrogens with two attached hydrogens (primary N) is 1. The molecule has 0 atom stereocenters. The first-order chi connectivity index (χ1) is 8.75. The van der Waals surface area contributed by atoms with Gasteiger partial charge in [-0.25, -0.2) is 0 Å². The van der Waals surface area contributed by atoms with Crippen molar-refractivity contribution in [3.8, 4) is 5.75 Å². The molecule has 0 radical (unpaired) electrons. The van der Waals surface area contributed by atoms with Gasteiger partial charge < -0.3 is 15.8 Å². The van der Waals surface area contributed by atoms with Crippen molar-refractivity contribution in [1.29, 1.82) is 0 Å². The second-order valence-electron chi connectivity index (χ2n) is 4.62. The minimum Gasteiger partial charge on any atom is -0.482 e. The van der Waals surface area contributed by atoms with Gasteiger partial charge in [0.25, 0.3) is 5.91 Å². The lowest BCUT2D eigenvalue weighted by Gasteiger charge is -2.24. The van der Waals surface area contributed by atoms with Gasteiger partial charge in [0, 0.05) is 18.2 Å². The number of benzene rings is 1. The summed E-state index contributed by atoms with van der Waals surface area (Å²) in [7, 11) is 0. The van der Waals surface area contributed by atoms with E-state index in [0.717, 1.165) is 0 Å². The van der Waals surface area contributed by atoms with Crippen LogP contribution in [-0.2, 0) is 4.79 Å². The molecule has 4 nitrogen and oxygen atoms in total. The van der Waals surface area contributed by atoms with Gasteiger partial charge in [0.1, 0.15) is 5.75 Å². The van der Waals surface area contributed by atoms with Crippen LogP contribution in [0.4, 0.5) is 0 Å². The maximum absolute atomic E-state index is 11.7. The normalized spacial score (nSPS) is 10.7. The van der Waals surface area contributed by atoms with Crippen LogP contribution in [0.5, 0.6) is 5.75 Å². The van der Waals surface area contributed by atoms with Gasteiger partial charge in [0.15, 0.2) is 6.61 Å². The summed E-state index contributed by atoms with van der Waals surface area (Å²) in [6, 6.07) is 2.93. The van der Waals surface area contributed by atoms with Gasteiger partial charge in [0.05, 0.1) is 15.1 Å². The molecule has 0 spiro atoms. The average Bonchev–Trinajstić information content (AvgIpc) is 2.31. The smallest absolute Gasteiger partial charge is 0.258 e. The number of rotatable bonds is 5. The van der Waals surface area contributed by atoms with E-state index in [-0.39, 0.29) is 24.9 Å². The third-order valence-corrected chi connectivity index (χ3v) is 3.34. The molecular weight excluding hydrogens is 346 g/mol. The molecule has 1 rings (SSSR count). The Bertz CT molecular complexity index is 481. The number of carbonyl (C=O) groups excluding carboxylic acids is 1. The highest BCUT2D eigenvalue weighted by molar-refractivity contribution is 6.43. The Morgan fingerprint density at radius 1 is 1.25 bits per heavy atom. The molecule has 1 amide bonds. The molecule has 1 aromatic rings. The number of amides is 1. The Morgan fingerprint density at radius 3 is 2.35 bits per heavy atom. The zero-order valence-corrected chi connectivity index (χ0v) is 14.1. The minimum atomic E-state index is -0.484. The molecular formula is C12H16Cl4N2O2. The first kappa shape index (κ1) is 19.6. The summed E-state index contributed by atoms with van der Waals surface area (Å²) in [4.78, 5) is 11.7. The zero-order valence-electron chi connectivity index (χ0n) is 11.0. The van der Waals surface area contributed by atoms with E-state index in [2.05, 4.69) is 5.32 Å².